The average Bonchev–Trinajstić information content (AvgIpc) is 2.46. The van der Waals surface area contributed by atoms with Crippen LogP contribution in [0.15, 0.2) is 23.1 Å². The quantitative estimate of drug-likeness (QED) is 0.790. The number of H-pyrrole nitrogens is 1. The molecule has 2 rings (SSSR count). The third-order valence-corrected chi connectivity index (χ3v) is 3.40. The van der Waals surface area contributed by atoms with E-state index in [0.717, 1.165) is 0 Å². The molecule has 74 valence electrons. The van der Waals surface area contributed by atoms with Gasteiger partial charge in [0.05, 0.1) is 15.8 Å². The zero-order valence-corrected chi connectivity index (χ0v) is 8.99. The minimum absolute atomic E-state index is 0.0320. The van der Waals surface area contributed by atoms with Crippen molar-refractivity contribution in [1.82, 2.24) is 10.2 Å². The van der Waals surface area contributed by atoms with Gasteiger partial charge in [-0.15, -0.1) is 0 Å². The number of hydrogen-bond acceptors (Lipinski definition) is 3. The van der Waals surface area contributed by atoms with Crippen molar-refractivity contribution in [3.05, 3.63) is 23.4 Å². The molecule has 0 fully saturated rings. The Bertz CT molecular complexity index is 591. The third-order valence-electron chi connectivity index (χ3n) is 1.76. The largest absolute Gasteiger partial charge is 0.266 e. The Kier molecular flexibility index (Phi) is 2.17. The molecule has 0 amide bonds. The number of aromatic amines is 1. The van der Waals surface area contributed by atoms with Crippen LogP contribution in [-0.2, 0) is 9.05 Å². The Morgan fingerprint density at radius 2 is 2.07 bits per heavy atom. The third kappa shape index (κ3) is 1.47. The van der Waals surface area contributed by atoms with Gasteiger partial charge in [0.2, 0.25) is 0 Å². The summed E-state index contributed by atoms with van der Waals surface area (Å²) in [6, 6.07) is 4.57. The van der Waals surface area contributed by atoms with Gasteiger partial charge in [-0.1, -0.05) is 17.7 Å². The lowest BCUT2D eigenvalue weighted by molar-refractivity contribution is 0.610. The number of halogens is 2. The zero-order chi connectivity index (χ0) is 10.3. The SMILES string of the molecule is O=S(=O)(Cl)c1cccc2n[nH]c(Cl)c12. The van der Waals surface area contributed by atoms with E-state index in [9.17, 15) is 8.42 Å². The second-order valence-corrected chi connectivity index (χ2v) is 5.54. The maximum Gasteiger partial charge on any atom is 0.262 e. The molecule has 1 aromatic heterocycles. The summed E-state index contributed by atoms with van der Waals surface area (Å²) in [5.41, 5.74) is 0.469. The van der Waals surface area contributed by atoms with Gasteiger partial charge in [-0.3, -0.25) is 5.10 Å². The standard InChI is InChI=1S/C7H4Cl2N2O2S/c8-7-6-4(10-11-7)2-1-3-5(6)14(9,12)13/h1-3H,(H,10,11). The molecule has 1 N–H and O–H groups in total. The molecule has 0 aliphatic carbocycles. The number of aromatic nitrogens is 2. The lowest BCUT2D eigenvalue weighted by atomic mass is 10.3. The Morgan fingerprint density at radius 3 is 2.71 bits per heavy atom. The zero-order valence-electron chi connectivity index (χ0n) is 6.66. The maximum absolute atomic E-state index is 11.2. The van der Waals surface area contributed by atoms with Crippen LogP contribution in [0.25, 0.3) is 10.9 Å². The van der Waals surface area contributed by atoms with Crippen LogP contribution in [0.3, 0.4) is 0 Å². The van der Waals surface area contributed by atoms with Crippen molar-refractivity contribution < 1.29 is 8.42 Å². The van der Waals surface area contributed by atoms with E-state index in [1.54, 1.807) is 12.1 Å². The summed E-state index contributed by atoms with van der Waals surface area (Å²) in [6.45, 7) is 0. The van der Waals surface area contributed by atoms with Gasteiger partial charge >= 0.3 is 0 Å². The Morgan fingerprint density at radius 1 is 1.36 bits per heavy atom. The van der Waals surface area contributed by atoms with Crippen molar-refractivity contribution in [3.63, 3.8) is 0 Å². The predicted octanol–water partition coefficient (Wildman–Crippen LogP) is 2.14. The predicted molar refractivity (Wildman–Crippen MR) is 54.1 cm³/mol. The molecule has 7 heteroatoms. The van der Waals surface area contributed by atoms with Crippen LogP contribution in [-0.4, -0.2) is 18.6 Å². The molecule has 0 atom stereocenters. The molecule has 0 spiro atoms. The summed E-state index contributed by atoms with van der Waals surface area (Å²) in [6.07, 6.45) is 0. The first-order valence-corrected chi connectivity index (χ1v) is 6.26. The van der Waals surface area contributed by atoms with Gasteiger partial charge in [0.1, 0.15) is 5.15 Å². The van der Waals surface area contributed by atoms with Crippen molar-refractivity contribution in [2.75, 3.05) is 0 Å². The van der Waals surface area contributed by atoms with E-state index in [-0.39, 0.29) is 10.0 Å². The molecule has 0 aliphatic rings. The Labute approximate surface area is 89.2 Å². The summed E-state index contributed by atoms with van der Waals surface area (Å²) < 4.78 is 22.3. The minimum atomic E-state index is -3.79. The van der Waals surface area contributed by atoms with Crippen LogP contribution < -0.4 is 0 Å². The highest BCUT2D eigenvalue weighted by Crippen LogP contribution is 2.29. The van der Waals surface area contributed by atoms with Crippen molar-refractivity contribution in [3.8, 4) is 0 Å². The van der Waals surface area contributed by atoms with Gasteiger partial charge in [-0.2, -0.15) is 5.10 Å². The number of hydrogen-bond donors (Lipinski definition) is 1. The summed E-state index contributed by atoms with van der Waals surface area (Å²) in [5, 5.41) is 6.78. The van der Waals surface area contributed by atoms with Crippen LogP contribution >= 0.6 is 22.3 Å². The molecule has 0 unspecified atom stereocenters. The van der Waals surface area contributed by atoms with E-state index in [4.69, 9.17) is 22.3 Å². The van der Waals surface area contributed by atoms with Crippen LogP contribution in [0.2, 0.25) is 5.15 Å². The fourth-order valence-electron chi connectivity index (χ4n) is 1.20. The first-order chi connectivity index (χ1) is 6.50. The summed E-state index contributed by atoms with van der Waals surface area (Å²) in [5.74, 6) is 0. The molecular weight excluding hydrogens is 247 g/mol. The van der Waals surface area contributed by atoms with Gasteiger partial charge in [0.25, 0.3) is 9.05 Å². The molecular formula is C7H4Cl2N2O2S. The number of fused-ring (bicyclic) bond motifs is 1. The summed E-state index contributed by atoms with van der Waals surface area (Å²) in [7, 11) is 1.44. The van der Waals surface area contributed by atoms with Gasteiger partial charge in [-0.05, 0) is 12.1 Å². The number of benzene rings is 1. The molecule has 14 heavy (non-hydrogen) atoms. The van der Waals surface area contributed by atoms with Crippen molar-refractivity contribution in [2.24, 2.45) is 0 Å². The lowest BCUT2D eigenvalue weighted by Crippen LogP contribution is -1.90. The molecule has 0 radical (unpaired) electrons. The van der Waals surface area contributed by atoms with E-state index in [1.165, 1.54) is 6.07 Å². The first kappa shape index (κ1) is 9.76. The highest BCUT2D eigenvalue weighted by atomic mass is 35.7. The topological polar surface area (TPSA) is 62.8 Å². The van der Waals surface area contributed by atoms with E-state index in [2.05, 4.69) is 10.2 Å². The molecule has 1 heterocycles. The summed E-state index contributed by atoms with van der Waals surface area (Å²) in [4.78, 5) is -0.0320. The molecule has 0 saturated heterocycles. The van der Waals surface area contributed by atoms with Crippen LogP contribution in [0.5, 0.6) is 0 Å². The molecule has 1 aromatic carbocycles. The Hall–Kier alpha value is -0.780. The maximum atomic E-state index is 11.2. The van der Waals surface area contributed by atoms with Crippen LogP contribution in [0.4, 0.5) is 0 Å². The van der Waals surface area contributed by atoms with E-state index >= 15 is 0 Å². The van der Waals surface area contributed by atoms with Crippen molar-refractivity contribution >= 4 is 42.2 Å². The number of nitrogens with zero attached hydrogens (tertiary/aromatic N) is 1. The first-order valence-electron chi connectivity index (χ1n) is 3.57. The smallest absolute Gasteiger partial charge is 0.262 e. The highest BCUT2D eigenvalue weighted by molar-refractivity contribution is 8.14. The summed E-state index contributed by atoms with van der Waals surface area (Å²) >= 11 is 5.74. The molecule has 4 nitrogen and oxygen atoms in total. The van der Waals surface area contributed by atoms with E-state index in [0.29, 0.717) is 10.9 Å². The Balaban J connectivity index is 2.96. The minimum Gasteiger partial charge on any atom is -0.266 e. The monoisotopic (exact) mass is 250 g/mol. The number of nitrogens with one attached hydrogen (secondary N) is 1. The van der Waals surface area contributed by atoms with Crippen LogP contribution in [0, 0.1) is 0 Å². The second-order valence-electron chi connectivity index (χ2n) is 2.63. The molecule has 0 bridgehead atoms. The number of rotatable bonds is 1. The molecule has 2 aromatic rings. The second kappa shape index (κ2) is 3.12. The van der Waals surface area contributed by atoms with E-state index in [1.807, 2.05) is 0 Å². The highest BCUT2D eigenvalue weighted by Gasteiger charge is 2.17. The van der Waals surface area contributed by atoms with Gasteiger partial charge in [-0.25, -0.2) is 8.42 Å². The normalized spacial score (nSPS) is 12.1. The average molecular weight is 251 g/mol. The van der Waals surface area contributed by atoms with Gasteiger partial charge in [0, 0.05) is 10.7 Å². The van der Waals surface area contributed by atoms with Gasteiger partial charge < -0.3 is 0 Å². The van der Waals surface area contributed by atoms with Gasteiger partial charge in [0.15, 0.2) is 0 Å². The van der Waals surface area contributed by atoms with Crippen LogP contribution in [0.1, 0.15) is 0 Å². The molecule has 0 saturated carbocycles. The fourth-order valence-corrected chi connectivity index (χ4v) is 2.58. The lowest BCUT2D eigenvalue weighted by Gasteiger charge is -1.97. The molecule has 0 aliphatic heterocycles. The van der Waals surface area contributed by atoms with E-state index < -0.39 is 9.05 Å². The fraction of sp³-hybridized carbons (Fsp3) is 0. The van der Waals surface area contributed by atoms with Crippen molar-refractivity contribution in [1.29, 1.82) is 0 Å². The van der Waals surface area contributed by atoms with Crippen molar-refractivity contribution in [2.45, 2.75) is 4.90 Å².